The Bertz CT molecular complexity index is 109. The molecule has 0 heterocycles. The summed E-state index contributed by atoms with van der Waals surface area (Å²) in [6.45, 7) is 8.13. The Morgan fingerprint density at radius 1 is 1.45 bits per heavy atom. The molecule has 1 rings (SSSR count). The summed E-state index contributed by atoms with van der Waals surface area (Å²) in [6.07, 6.45) is 4.12. The maximum atomic E-state index is 3.56. The zero-order valence-electron chi connectivity index (χ0n) is 8.06. The molecule has 1 heteroatoms. The van der Waals surface area contributed by atoms with E-state index in [9.17, 15) is 0 Å². The van der Waals surface area contributed by atoms with Crippen LogP contribution in [0.5, 0.6) is 0 Å². The van der Waals surface area contributed by atoms with Crippen LogP contribution >= 0.6 is 0 Å². The van der Waals surface area contributed by atoms with Crippen molar-refractivity contribution in [3.05, 3.63) is 0 Å². The molecule has 0 aromatic rings. The second-order valence-corrected chi connectivity index (χ2v) is 4.31. The minimum atomic E-state index is 0.863. The molecule has 1 N–H and O–H groups in total. The van der Waals surface area contributed by atoms with E-state index < -0.39 is 0 Å². The zero-order chi connectivity index (χ0) is 8.27. The van der Waals surface area contributed by atoms with Gasteiger partial charge in [0.2, 0.25) is 0 Å². The standard InChI is InChI=1S/C10H21N/c1-8(2)5-4-6-11-10-7-9(10)3/h8-11H,4-7H2,1-3H3. The summed E-state index contributed by atoms with van der Waals surface area (Å²) in [4.78, 5) is 0. The summed E-state index contributed by atoms with van der Waals surface area (Å²) in [7, 11) is 0. The third-order valence-corrected chi connectivity index (χ3v) is 2.47. The first-order valence-electron chi connectivity index (χ1n) is 4.93. The number of hydrogen-bond donors (Lipinski definition) is 1. The molecule has 0 aromatic heterocycles. The Hall–Kier alpha value is -0.0400. The lowest BCUT2D eigenvalue weighted by Crippen LogP contribution is -2.19. The van der Waals surface area contributed by atoms with Gasteiger partial charge in [-0.3, -0.25) is 0 Å². The van der Waals surface area contributed by atoms with Crippen LogP contribution in [-0.2, 0) is 0 Å². The van der Waals surface area contributed by atoms with Crippen LogP contribution in [0.25, 0.3) is 0 Å². The molecule has 1 nitrogen and oxygen atoms in total. The second kappa shape index (κ2) is 4.10. The van der Waals surface area contributed by atoms with E-state index in [1.54, 1.807) is 0 Å². The summed E-state index contributed by atoms with van der Waals surface area (Å²) in [6, 6.07) is 0.863. The average Bonchev–Trinajstić information content (AvgIpc) is 2.59. The number of rotatable bonds is 5. The Balaban J connectivity index is 1.81. The number of hydrogen-bond acceptors (Lipinski definition) is 1. The Kier molecular flexibility index (Phi) is 3.38. The summed E-state index contributed by atoms with van der Waals surface area (Å²) >= 11 is 0. The highest BCUT2D eigenvalue weighted by atomic mass is 15.0. The van der Waals surface area contributed by atoms with Crippen LogP contribution in [0.2, 0.25) is 0 Å². The van der Waals surface area contributed by atoms with E-state index in [4.69, 9.17) is 0 Å². The molecule has 0 amide bonds. The molecular formula is C10H21N. The summed E-state index contributed by atoms with van der Waals surface area (Å²) in [5, 5.41) is 3.56. The van der Waals surface area contributed by atoms with Crippen LogP contribution in [0.3, 0.4) is 0 Å². The third kappa shape index (κ3) is 3.76. The van der Waals surface area contributed by atoms with E-state index >= 15 is 0 Å². The monoisotopic (exact) mass is 155 g/mol. The molecule has 0 saturated heterocycles. The molecule has 0 spiro atoms. The second-order valence-electron chi connectivity index (χ2n) is 4.31. The van der Waals surface area contributed by atoms with E-state index in [1.807, 2.05) is 0 Å². The van der Waals surface area contributed by atoms with Crippen LogP contribution in [0.15, 0.2) is 0 Å². The van der Waals surface area contributed by atoms with E-state index in [1.165, 1.54) is 25.8 Å². The first-order chi connectivity index (χ1) is 5.20. The molecule has 2 unspecified atom stereocenters. The normalized spacial score (nSPS) is 29.5. The van der Waals surface area contributed by atoms with Gasteiger partial charge in [-0.1, -0.05) is 20.8 Å². The molecule has 66 valence electrons. The lowest BCUT2D eigenvalue weighted by atomic mass is 10.1. The summed E-state index contributed by atoms with van der Waals surface area (Å²) in [5.41, 5.74) is 0. The van der Waals surface area contributed by atoms with Crippen molar-refractivity contribution in [1.82, 2.24) is 5.32 Å². The minimum Gasteiger partial charge on any atom is -0.314 e. The Morgan fingerprint density at radius 3 is 2.55 bits per heavy atom. The molecule has 1 aliphatic rings. The zero-order valence-corrected chi connectivity index (χ0v) is 8.06. The van der Waals surface area contributed by atoms with Crippen molar-refractivity contribution in [1.29, 1.82) is 0 Å². The quantitative estimate of drug-likeness (QED) is 0.601. The van der Waals surface area contributed by atoms with Gasteiger partial charge in [0.1, 0.15) is 0 Å². The lowest BCUT2D eigenvalue weighted by Gasteiger charge is -2.04. The van der Waals surface area contributed by atoms with Gasteiger partial charge in [-0.05, 0) is 37.6 Å². The highest BCUT2D eigenvalue weighted by Gasteiger charge is 2.31. The molecule has 0 aliphatic heterocycles. The maximum Gasteiger partial charge on any atom is 0.00963 e. The van der Waals surface area contributed by atoms with Gasteiger partial charge in [-0.15, -0.1) is 0 Å². The van der Waals surface area contributed by atoms with Crippen LogP contribution in [0.4, 0.5) is 0 Å². The topological polar surface area (TPSA) is 12.0 Å². The Labute approximate surface area is 70.6 Å². The van der Waals surface area contributed by atoms with Crippen molar-refractivity contribution < 1.29 is 0 Å². The van der Waals surface area contributed by atoms with E-state index in [0.717, 1.165) is 17.9 Å². The fourth-order valence-electron chi connectivity index (χ4n) is 1.40. The van der Waals surface area contributed by atoms with Gasteiger partial charge in [0, 0.05) is 6.04 Å². The van der Waals surface area contributed by atoms with Crippen molar-refractivity contribution in [2.75, 3.05) is 6.54 Å². The SMILES string of the molecule is CC(C)CCCNC1CC1C. The van der Waals surface area contributed by atoms with Crippen molar-refractivity contribution in [2.45, 2.75) is 46.1 Å². The first kappa shape index (κ1) is 9.05. The molecule has 2 atom stereocenters. The van der Waals surface area contributed by atoms with Gasteiger partial charge in [-0.25, -0.2) is 0 Å². The van der Waals surface area contributed by atoms with Gasteiger partial charge < -0.3 is 5.32 Å². The van der Waals surface area contributed by atoms with Crippen molar-refractivity contribution in [2.24, 2.45) is 11.8 Å². The highest BCUT2D eigenvalue weighted by molar-refractivity contribution is 4.89. The van der Waals surface area contributed by atoms with Crippen LogP contribution in [-0.4, -0.2) is 12.6 Å². The van der Waals surface area contributed by atoms with Gasteiger partial charge >= 0.3 is 0 Å². The molecule has 11 heavy (non-hydrogen) atoms. The fourth-order valence-corrected chi connectivity index (χ4v) is 1.40. The minimum absolute atomic E-state index is 0.863. The van der Waals surface area contributed by atoms with Gasteiger partial charge in [0.25, 0.3) is 0 Å². The van der Waals surface area contributed by atoms with Gasteiger partial charge in [-0.2, -0.15) is 0 Å². The predicted octanol–water partition coefficient (Wildman–Crippen LogP) is 2.42. The Morgan fingerprint density at radius 2 is 2.09 bits per heavy atom. The van der Waals surface area contributed by atoms with Crippen molar-refractivity contribution in [3.8, 4) is 0 Å². The lowest BCUT2D eigenvalue weighted by molar-refractivity contribution is 0.521. The smallest absolute Gasteiger partial charge is 0.00963 e. The van der Waals surface area contributed by atoms with Crippen LogP contribution in [0, 0.1) is 11.8 Å². The van der Waals surface area contributed by atoms with E-state index in [2.05, 4.69) is 26.1 Å². The van der Waals surface area contributed by atoms with Crippen LogP contribution < -0.4 is 5.32 Å². The van der Waals surface area contributed by atoms with Crippen molar-refractivity contribution in [3.63, 3.8) is 0 Å². The average molecular weight is 155 g/mol. The fraction of sp³-hybridized carbons (Fsp3) is 1.00. The summed E-state index contributed by atoms with van der Waals surface area (Å²) < 4.78 is 0. The number of nitrogens with one attached hydrogen (secondary N) is 1. The molecule has 0 aromatic carbocycles. The van der Waals surface area contributed by atoms with Gasteiger partial charge in [0.05, 0.1) is 0 Å². The van der Waals surface area contributed by atoms with E-state index in [-0.39, 0.29) is 0 Å². The largest absolute Gasteiger partial charge is 0.314 e. The molecular weight excluding hydrogens is 134 g/mol. The van der Waals surface area contributed by atoms with E-state index in [0.29, 0.717) is 0 Å². The highest BCUT2D eigenvalue weighted by Crippen LogP contribution is 2.28. The predicted molar refractivity (Wildman–Crippen MR) is 49.6 cm³/mol. The maximum absolute atomic E-state index is 3.56. The summed E-state index contributed by atoms with van der Waals surface area (Å²) in [5.74, 6) is 1.82. The molecule has 0 radical (unpaired) electrons. The van der Waals surface area contributed by atoms with Gasteiger partial charge in [0.15, 0.2) is 0 Å². The third-order valence-electron chi connectivity index (χ3n) is 2.47. The molecule has 1 fully saturated rings. The first-order valence-corrected chi connectivity index (χ1v) is 4.93. The molecule has 1 aliphatic carbocycles. The molecule has 0 bridgehead atoms. The molecule has 1 saturated carbocycles. The van der Waals surface area contributed by atoms with Crippen LogP contribution in [0.1, 0.15) is 40.0 Å². The van der Waals surface area contributed by atoms with Crippen molar-refractivity contribution >= 4 is 0 Å².